The maximum Gasteiger partial charge on any atom is 0.262 e. The van der Waals surface area contributed by atoms with Crippen molar-refractivity contribution in [3.63, 3.8) is 0 Å². The number of anilines is 1. The van der Waals surface area contributed by atoms with E-state index in [1.54, 1.807) is 35.9 Å². The first kappa shape index (κ1) is 23.5. The van der Waals surface area contributed by atoms with E-state index in [0.717, 1.165) is 5.75 Å². The topological polar surface area (TPSA) is 82.4 Å². The monoisotopic (exact) mass is 475 g/mol. The maximum atomic E-state index is 13.0. The van der Waals surface area contributed by atoms with Gasteiger partial charge >= 0.3 is 0 Å². The molecule has 1 N–H and O–H groups in total. The third kappa shape index (κ3) is 6.03. The van der Waals surface area contributed by atoms with E-state index in [-0.39, 0.29) is 17.2 Å². The lowest BCUT2D eigenvalue weighted by Gasteiger charge is -2.13. The van der Waals surface area contributed by atoms with Crippen molar-refractivity contribution >= 4 is 34.3 Å². The predicted molar refractivity (Wildman–Crippen MR) is 135 cm³/mol. The number of carbonyl (C=O) groups is 1. The zero-order valence-corrected chi connectivity index (χ0v) is 19.6. The second kappa shape index (κ2) is 11.5. The molecule has 0 bridgehead atoms. The molecule has 0 unspecified atom stereocenters. The highest BCUT2D eigenvalue weighted by atomic mass is 32.2. The van der Waals surface area contributed by atoms with Crippen LogP contribution in [-0.2, 0) is 16.1 Å². The fourth-order valence-electron chi connectivity index (χ4n) is 3.41. The van der Waals surface area contributed by atoms with Crippen molar-refractivity contribution in [2.24, 2.45) is 0 Å². The van der Waals surface area contributed by atoms with E-state index >= 15 is 0 Å². The summed E-state index contributed by atoms with van der Waals surface area (Å²) < 4.78 is 12.6. The molecule has 0 saturated carbocycles. The smallest absolute Gasteiger partial charge is 0.262 e. The number of ether oxygens (including phenoxy) is 2. The summed E-state index contributed by atoms with van der Waals surface area (Å²) in [6.07, 6.45) is 0.671. The highest BCUT2D eigenvalue weighted by Crippen LogP contribution is 2.24. The summed E-state index contributed by atoms with van der Waals surface area (Å²) in [4.78, 5) is 30.3. The Hall–Kier alpha value is -3.62. The van der Waals surface area contributed by atoms with E-state index in [1.165, 1.54) is 11.8 Å². The highest BCUT2D eigenvalue weighted by molar-refractivity contribution is 7.99. The van der Waals surface area contributed by atoms with E-state index in [0.29, 0.717) is 47.1 Å². The molecule has 4 rings (SSSR count). The molecular weight excluding hydrogens is 450 g/mol. The quantitative estimate of drug-likeness (QED) is 0.198. The average Bonchev–Trinajstić information content (AvgIpc) is 2.85. The van der Waals surface area contributed by atoms with Crippen LogP contribution in [0.5, 0.6) is 11.5 Å². The molecule has 34 heavy (non-hydrogen) atoms. The fourth-order valence-corrected chi connectivity index (χ4v) is 4.24. The molecule has 1 heterocycles. The number of amides is 1. The number of nitrogens with one attached hydrogen (secondary N) is 1. The van der Waals surface area contributed by atoms with Gasteiger partial charge in [0.2, 0.25) is 5.91 Å². The van der Waals surface area contributed by atoms with Crippen molar-refractivity contribution in [3.8, 4) is 11.5 Å². The number of hydrogen-bond acceptors (Lipinski definition) is 6. The van der Waals surface area contributed by atoms with Gasteiger partial charge in [0.05, 0.1) is 16.7 Å². The minimum Gasteiger partial charge on any atom is -0.457 e. The van der Waals surface area contributed by atoms with Crippen LogP contribution < -0.4 is 15.6 Å². The van der Waals surface area contributed by atoms with E-state index in [2.05, 4.69) is 10.3 Å². The van der Waals surface area contributed by atoms with Crippen LogP contribution in [0.2, 0.25) is 0 Å². The Morgan fingerprint density at radius 1 is 1.00 bits per heavy atom. The number of thioether (sulfide) groups is 1. The van der Waals surface area contributed by atoms with Crippen LogP contribution in [0.25, 0.3) is 10.9 Å². The van der Waals surface area contributed by atoms with Crippen molar-refractivity contribution in [1.29, 1.82) is 0 Å². The third-order valence-electron chi connectivity index (χ3n) is 4.99. The fraction of sp³-hybridized carbons (Fsp3) is 0.192. The molecule has 8 heteroatoms. The van der Waals surface area contributed by atoms with E-state index in [1.807, 2.05) is 54.6 Å². The number of para-hydroxylation sites is 2. The summed E-state index contributed by atoms with van der Waals surface area (Å²) >= 11 is 1.24. The maximum absolute atomic E-state index is 13.0. The Labute approximate surface area is 201 Å². The minimum atomic E-state index is -0.201. The van der Waals surface area contributed by atoms with Crippen LogP contribution in [-0.4, -0.2) is 34.9 Å². The molecule has 174 valence electrons. The zero-order valence-electron chi connectivity index (χ0n) is 18.8. The van der Waals surface area contributed by atoms with Gasteiger partial charge in [-0.15, -0.1) is 0 Å². The number of hydrogen-bond donors (Lipinski definition) is 1. The first-order valence-corrected chi connectivity index (χ1v) is 11.9. The van der Waals surface area contributed by atoms with E-state index < -0.39 is 0 Å². The third-order valence-corrected chi connectivity index (χ3v) is 5.96. The molecule has 0 aliphatic carbocycles. The second-order valence-corrected chi connectivity index (χ2v) is 8.44. The number of benzene rings is 3. The Morgan fingerprint density at radius 3 is 2.59 bits per heavy atom. The number of methoxy groups -OCH3 is 1. The van der Waals surface area contributed by atoms with Gasteiger partial charge in [0, 0.05) is 32.0 Å². The lowest BCUT2D eigenvalue weighted by atomic mass is 10.2. The van der Waals surface area contributed by atoms with Gasteiger partial charge in [-0.1, -0.05) is 48.2 Å². The van der Waals surface area contributed by atoms with Gasteiger partial charge < -0.3 is 14.8 Å². The molecule has 0 aliphatic heterocycles. The van der Waals surface area contributed by atoms with Gasteiger partial charge in [0.25, 0.3) is 5.56 Å². The van der Waals surface area contributed by atoms with Gasteiger partial charge in [-0.05, 0) is 42.8 Å². The summed E-state index contributed by atoms with van der Waals surface area (Å²) in [7, 11) is 1.63. The number of rotatable bonds is 10. The molecule has 0 radical (unpaired) electrons. The average molecular weight is 476 g/mol. The highest BCUT2D eigenvalue weighted by Gasteiger charge is 2.13. The van der Waals surface area contributed by atoms with Crippen LogP contribution >= 0.6 is 11.8 Å². The second-order valence-electron chi connectivity index (χ2n) is 7.49. The van der Waals surface area contributed by atoms with Crippen LogP contribution in [0.3, 0.4) is 0 Å². The number of aromatic nitrogens is 2. The Morgan fingerprint density at radius 2 is 1.76 bits per heavy atom. The molecule has 1 amide bonds. The molecule has 4 aromatic rings. The summed E-state index contributed by atoms with van der Waals surface area (Å²) in [5.41, 5.74) is 1.13. The lowest BCUT2D eigenvalue weighted by Crippen LogP contribution is -2.25. The van der Waals surface area contributed by atoms with E-state index in [9.17, 15) is 9.59 Å². The number of nitrogens with zero attached hydrogens (tertiary/aromatic N) is 2. The standard InChI is InChI=1S/C26H25N3O4S/c1-32-16-8-15-29-25(31)22-13-5-6-14-23(22)28-26(29)34-18-24(30)27-19-9-7-12-21(17-19)33-20-10-3-2-4-11-20/h2-7,9-14,17H,8,15-16,18H2,1H3,(H,27,30). The van der Waals surface area contributed by atoms with Gasteiger partial charge in [-0.3, -0.25) is 14.2 Å². The van der Waals surface area contributed by atoms with E-state index in [4.69, 9.17) is 9.47 Å². The van der Waals surface area contributed by atoms with Gasteiger partial charge in [0.15, 0.2) is 5.16 Å². The summed E-state index contributed by atoms with van der Waals surface area (Å²) in [5, 5.41) is 3.96. The first-order chi connectivity index (χ1) is 16.6. The normalized spacial score (nSPS) is 10.9. The van der Waals surface area contributed by atoms with Gasteiger partial charge in [-0.25, -0.2) is 4.98 Å². The Balaban J connectivity index is 1.45. The molecule has 0 fully saturated rings. The first-order valence-electron chi connectivity index (χ1n) is 10.9. The zero-order chi connectivity index (χ0) is 23.8. The van der Waals surface area contributed by atoms with Crippen LogP contribution in [0, 0.1) is 0 Å². The number of carbonyl (C=O) groups excluding carboxylic acids is 1. The van der Waals surface area contributed by atoms with Crippen molar-refractivity contribution < 1.29 is 14.3 Å². The summed E-state index contributed by atoms with van der Waals surface area (Å²) in [6, 6.07) is 23.9. The SMILES string of the molecule is COCCCn1c(SCC(=O)Nc2cccc(Oc3ccccc3)c2)nc2ccccc2c1=O. The molecule has 3 aromatic carbocycles. The van der Waals surface area contributed by atoms with Crippen molar-refractivity contribution in [1.82, 2.24) is 9.55 Å². The van der Waals surface area contributed by atoms with Gasteiger partial charge in [0.1, 0.15) is 11.5 Å². The van der Waals surface area contributed by atoms with Gasteiger partial charge in [-0.2, -0.15) is 0 Å². The van der Waals surface area contributed by atoms with Crippen LogP contribution in [0.1, 0.15) is 6.42 Å². The Kier molecular flexibility index (Phi) is 7.95. The molecule has 0 saturated heterocycles. The summed E-state index contributed by atoms with van der Waals surface area (Å²) in [5.74, 6) is 1.25. The van der Waals surface area contributed by atoms with Crippen molar-refractivity contribution in [2.75, 3.05) is 24.8 Å². The van der Waals surface area contributed by atoms with Crippen LogP contribution in [0.15, 0.2) is 88.8 Å². The summed E-state index contributed by atoms with van der Waals surface area (Å²) in [6.45, 7) is 0.999. The molecule has 1 aromatic heterocycles. The largest absolute Gasteiger partial charge is 0.457 e. The minimum absolute atomic E-state index is 0.110. The van der Waals surface area contributed by atoms with Crippen molar-refractivity contribution in [2.45, 2.75) is 18.1 Å². The molecular formula is C26H25N3O4S. The molecule has 7 nitrogen and oxygen atoms in total. The van der Waals surface area contributed by atoms with Crippen molar-refractivity contribution in [3.05, 3.63) is 89.2 Å². The molecule has 0 atom stereocenters. The predicted octanol–water partition coefficient (Wildman–Crippen LogP) is 4.96. The Bertz CT molecular complexity index is 1320. The number of fused-ring (bicyclic) bond motifs is 1. The lowest BCUT2D eigenvalue weighted by molar-refractivity contribution is -0.113. The molecule has 0 spiro atoms. The molecule has 0 aliphatic rings. The van der Waals surface area contributed by atoms with Crippen LogP contribution in [0.4, 0.5) is 5.69 Å².